The highest BCUT2D eigenvalue weighted by Gasteiger charge is 2.24. The molecule has 0 spiro atoms. The Hall–Kier alpha value is 0.500. The Morgan fingerprint density at radius 3 is 2.06 bits per heavy atom. The first-order valence-corrected chi connectivity index (χ1v) is 7.17. The van der Waals surface area contributed by atoms with Crippen molar-refractivity contribution in [3.05, 3.63) is 0 Å². The summed E-state index contributed by atoms with van der Waals surface area (Å²) in [5.74, 6) is 2.95. The van der Waals surface area contributed by atoms with E-state index in [-0.39, 0.29) is 24.8 Å². The Morgan fingerprint density at radius 1 is 0.944 bits per heavy atom. The van der Waals surface area contributed by atoms with Crippen LogP contribution in [0.4, 0.5) is 0 Å². The average Bonchev–Trinajstić information content (AvgIpc) is 2.27. The number of piperazine rings is 1. The van der Waals surface area contributed by atoms with E-state index in [1.807, 2.05) is 0 Å². The van der Waals surface area contributed by atoms with E-state index in [2.05, 4.69) is 24.1 Å². The molecule has 0 amide bonds. The third-order valence-corrected chi connectivity index (χ3v) is 4.34. The SMILES string of the molecule is CC1CC(C)CC(CCN2CCNCC2)C1.Cl.Cl. The summed E-state index contributed by atoms with van der Waals surface area (Å²) >= 11 is 0. The molecule has 2 aliphatic rings. The molecular formula is C14H30Cl2N2. The zero-order chi connectivity index (χ0) is 11.4. The topological polar surface area (TPSA) is 15.3 Å². The lowest BCUT2D eigenvalue weighted by Gasteiger charge is -2.34. The lowest BCUT2D eigenvalue weighted by molar-refractivity contribution is 0.172. The molecule has 0 aromatic heterocycles. The van der Waals surface area contributed by atoms with Crippen LogP contribution < -0.4 is 5.32 Å². The Morgan fingerprint density at radius 2 is 1.50 bits per heavy atom. The summed E-state index contributed by atoms with van der Waals surface area (Å²) < 4.78 is 0. The van der Waals surface area contributed by atoms with Crippen LogP contribution >= 0.6 is 24.8 Å². The van der Waals surface area contributed by atoms with E-state index >= 15 is 0 Å². The predicted octanol–water partition coefficient (Wildman–Crippen LogP) is 3.20. The van der Waals surface area contributed by atoms with Crippen LogP contribution in [0.1, 0.15) is 39.5 Å². The largest absolute Gasteiger partial charge is 0.314 e. The van der Waals surface area contributed by atoms with E-state index in [1.165, 1.54) is 58.4 Å². The summed E-state index contributed by atoms with van der Waals surface area (Å²) in [6, 6.07) is 0. The highest BCUT2D eigenvalue weighted by atomic mass is 35.5. The number of rotatable bonds is 3. The minimum atomic E-state index is 0. The predicted molar refractivity (Wildman–Crippen MR) is 84.1 cm³/mol. The van der Waals surface area contributed by atoms with Crippen LogP contribution in [0.5, 0.6) is 0 Å². The molecule has 18 heavy (non-hydrogen) atoms. The molecule has 0 bridgehead atoms. The quantitative estimate of drug-likeness (QED) is 0.860. The second-order valence-corrected chi connectivity index (χ2v) is 6.16. The van der Waals surface area contributed by atoms with Crippen LogP contribution in [0, 0.1) is 17.8 Å². The van der Waals surface area contributed by atoms with Crippen molar-refractivity contribution in [2.45, 2.75) is 39.5 Å². The highest BCUT2D eigenvalue weighted by Crippen LogP contribution is 2.34. The Balaban J connectivity index is 0.00000144. The van der Waals surface area contributed by atoms with Gasteiger partial charge in [-0.1, -0.05) is 13.8 Å². The minimum Gasteiger partial charge on any atom is -0.314 e. The summed E-state index contributed by atoms with van der Waals surface area (Å²) in [5, 5.41) is 3.43. The van der Waals surface area contributed by atoms with Gasteiger partial charge < -0.3 is 10.2 Å². The van der Waals surface area contributed by atoms with Gasteiger partial charge in [-0.25, -0.2) is 0 Å². The standard InChI is InChI=1S/C14H28N2.2ClH/c1-12-9-13(2)11-14(10-12)3-6-16-7-4-15-5-8-16;;/h12-15H,3-11H2,1-2H3;2*1H. The summed E-state index contributed by atoms with van der Waals surface area (Å²) in [4.78, 5) is 2.64. The summed E-state index contributed by atoms with van der Waals surface area (Å²) in [6.45, 7) is 11.1. The van der Waals surface area contributed by atoms with E-state index in [0.717, 1.165) is 17.8 Å². The maximum absolute atomic E-state index is 3.43. The monoisotopic (exact) mass is 296 g/mol. The van der Waals surface area contributed by atoms with E-state index < -0.39 is 0 Å². The maximum atomic E-state index is 3.43. The Kier molecular flexibility index (Phi) is 9.67. The normalized spacial score (nSPS) is 33.3. The molecule has 0 aromatic rings. The third-order valence-electron chi connectivity index (χ3n) is 4.34. The molecule has 1 aliphatic carbocycles. The molecule has 2 unspecified atom stereocenters. The number of hydrogen-bond donors (Lipinski definition) is 1. The zero-order valence-corrected chi connectivity index (χ0v) is 13.5. The third kappa shape index (κ3) is 6.10. The average molecular weight is 297 g/mol. The molecule has 110 valence electrons. The Labute approximate surface area is 125 Å². The lowest BCUT2D eigenvalue weighted by atomic mass is 9.75. The first kappa shape index (κ1) is 18.5. The summed E-state index contributed by atoms with van der Waals surface area (Å²) in [5.41, 5.74) is 0. The van der Waals surface area contributed by atoms with Gasteiger partial charge in [-0.15, -0.1) is 24.8 Å². The van der Waals surface area contributed by atoms with Crippen molar-refractivity contribution in [2.24, 2.45) is 17.8 Å². The van der Waals surface area contributed by atoms with Crippen molar-refractivity contribution >= 4 is 24.8 Å². The number of halogens is 2. The van der Waals surface area contributed by atoms with Crippen molar-refractivity contribution < 1.29 is 0 Å². The Bertz CT molecular complexity index is 198. The zero-order valence-electron chi connectivity index (χ0n) is 11.9. The van der Waals surface area contributed by atoms with Crippen molar-refractivity contribution in [2.75, 3.05) is 32.7 Å². The number of nitrogens with zero attached hydrogens (tertiary/aromatic N) is 1. The molecule has 2 atom stereocenters. The van der Waals surface area contributed by atoms with E-state index in [0.29, 0.717) is 0 Å². The van der Waals surface area contributed by atoms with Crippen LogP contribution in [0.3, 0.4) is 0 Å². The highest BCUT2D eigenvalue weighted by molar-refractivity contribution is 5.85. The molecule has 1 heterocycles. The smallest absolute Gasteiger partial charge is 0.0107 e. The van der Waals surface area contributed by atoms with Gasteiger partial charge in [-0.05, 0) is 50.0 Å². The summed E-state index contributed by atoms with van der Waals surface area (Å²) in [6.07, 6.45) is 5.87. The molecule has 2 rings (SSSR count). The van der Waals surface area contributed by atoms with E-state index in [9.17, 15) is 0 Å². The minimum absolute atomic E-state index is 0. The van der Waals surface area contributed by atoms with Crippen molar-refractivity contribution in [1.82, 2.24) is 10.2 Å². The van der Waals surface area contributed by atoms with E-state index in [1.54, 1.807) is 0 Å². The number of nitrogens with one attached hydrogen (secondary N) is 1. The van der Waals surface area contributed by atoms with Crippen LogP contribution in [0.25, 0.3) is 0 Å². The fraction of sp³-hybridized carbons (Fsp3) is 1.00. The first-order valence-electron chi connectivity index (χ1n) is 7.17. The van der Waals surface area contributed by atoms with Crippen LogP contribution in [-0.4, -0.2) is 37.6 Å². The molecule has 2 fully saturated rings. The molecule has 2 nitrogen and oxygen atoms in total. The van der Waals surface area contributed by atoms with Crippen molar-refractivity contribution in [3.8, 4) is 0 Å². The fourth-order valence-electron chi connectivity index (χ4n) is 3.65. The maximum Gasteiger partial charge on any atom is 0.0107 e. The molecule has 1 N–H and O–H groups in total. The molecule has 0 radical (unpaired) electrons. The molecule has 0 aromatic carbocycles. The second-order valence-electron chi connectivity index (χ2n) is 6.16. The van der Waals surface area contributed by atoms with Gasteiger partial charge in [0.25, 0.3) is 0 Å². The van der Waals surface area contributed by atoms with Gasteiger partial charge in [0.2, 0.25) is 0 Å². The van der Waals surface area contributed by atoms with Crippen molar-refractivity contribution in [3.63, 3.8) is 0 Å². The van der Waals surface area contributed by atoms with Gasteiger partial charge in [-0.3, -0.25) is 0 Å². The van der Waals surface area contributed by atoms with Crippen LogP contribution in [0.2, 0.25) is 0 Å². The van der Waals surface area contributed by atoms with Gasteiger partial charge in [0.15, 0.2) is 0 Å². The van der Waals surface area contributed by atoms with Crippen LogP contribution in [-0.2, 0) is 0 Å². The van der Waals surface area contributed by atoms with Gasteiger partial charge in [0.05, 0.1) is 0 Å². The summed E-state index contributed by atoms with van der Waals surface area (Å²) in [7, 11) is 0. The molecule has 1 aliphatic heterocycles. The van der Waals surface area contributed by atoms with E-state index in [4.69, 9.17) is 0 Å². The van der Waals surface area contributed by atoms with Crippen molar-refractivity contribution in [1.29, 1.82) is 0 Å². The second kappa shape index (κ2) is 9.41. The lowest BCUT2D eigenvalue weighted by Crippen LogP contribution is -2.44. The molecule has 1 saturated heterocycles. The van der Waals surface area contributed by atoms with Crippen LogP contribution in [0.15, 0.2) is 0 Å². The van der Waals surface area contributed by atoms with Gasteiger partial charge in [0.1, 0.15) is 0 Å². The molecule has 4 heteroatoms. The van der Waals surface area contributed by atoms with Gasteiger partial charge in [-0.2, -0.15) is 0 Å². The fourth-order valence-corrected chi connectivity index (χ4v) is 3.65. The van der Waals surface area contributed by atoms with Gasteiger partial charge >= 0.3 is 0 Å². The number of hydrogen-bond acceptors (Lipinski definition) is 2. The molecule has 1 saturated carbocycles. The molecular weight excluding hydrogens is 267 g/mol. The first-order chi connectivity index (χ1) is 7.74. The van der Waals surface area contributed by atoms with Gasteiger partial charge in [0, 0.05) is 26.2 Å².